The number of hydrogen-bond acceptors (Lipinski definition) is 4. The Labute approximate surface area is 174 Å². The number of thiocarbonyl (C=S) groups is 1. The van der Waals surface area contributed by atoms with Crippen LogP contribution in [-0.4, -0.2) is 18.1 Å². The number of anilines is 3. The van der Waals surface area contributed by atoms with Gasteiger partial charge in [-0.05, 0) is 60.7 Å². The molecule has 0 heterocycles. The molecular formula is C22H18N4O2S. The number of ether oxygens (including phenoxy) is 1. The van der Waals surface area contributed by atoms with E-state index in [1.807, 2.05) is 30.3 Å². The van der Waals surface area contributed by atoms with E-state index in [2.05, 4.69) is 22.0 Å². The standard InChI is InChI=1S/C22H18N4O2S/c1-28-20-11-10-16(21(27)24-17-7-3-2-4-8-17)13-19(20)26-22(29)25-18-9-5-6-15(12-18)14-23/h2-13H,1H3,(H,24,27)(H2,25,26,29). The van der Waals surface area contributed by atoms with E-state index in [0.717, 1.165) is 0 Å². The minimum absolute atomic E-state index is 0.248. The van der Waals surface area contributed by atoms with Gasteiger partial charge in [-0.1, -0.05) is 24.3 Å². The predicted molar refractivity (Wildman–Crippen MR) is 118 cm³/mol. The van der Waals surface area contributed by atoms with Crippen LogP contribution in [0.15, 0.2) is 72.8 Å². The SMILES string of the molecule is COc1ccc(C(=O)Nc2ccccc2)cc1NC(=S)Nc1cccc(C#N)c1. The topological polar surface area (TPSA) is 86.2 Å². The first-order chi connectivity index (χ1) is 14.1. The summed E-state index contributed by atoms with van der Waals surface area (Å²) in [4.78, 5) is 12.6. The molecule has 0 radical (unpaired) electrons. The van der Waals surface area contributed by atoms with E-state index in [9.17, 15) is 4.79 Å². The lowest BCUT2D eigenvalue weighted by Gasteiger charge is -2.15. The highest BCUT2D eigenvalue weighted by Crippen LogP contribution is 2.26. The van der Waals surface area contributed by atoms with Crippen LogP contribution in [0.3, 0.4) is 0 Å². The molecule has 1 amide bonds. The van der Waals surface area contributed by atoms with Gasteiger partial charge >= 0.3 is 0 Å². The second kappa shape index (κ2) is 9.35. The normalized spacial score (nSPS) is 9.79. The molecule has 0 fully saturated rings. The number of hydrogen-bond donors (Lipinski definition) is 3. The Balaban J connectivity index is 1.75. The molecule has 0 spiro atoms. The van der Waals surface area contributed by atoms with Gasteiger partial charge in [0, 0.05) is 16.9 Å². The quantitative estimate of drug-likeness (QED) is 0.540. The summed E-state index contributed by atoms with van der Waals surface area (Å²) >= 11 is 5.36. The number of para-hydroxylation sites is 1. The molecule has 0 atom stereocenters. The number of nitriles is 1. The van der Waals surface area contributed by atoms with Gasteiger partial charge in [0.2, 0.25) is 0 Å². The molecule has 0 aromatic heterocycles. The third-order valence-electron chi connectivity index (χ3n) is 3.99. The van der Waals surface area contributed by atoms with Crippen LogP contribution in [0.4, 0.5) is 17.1 Å². The van der Waals surface area contributed by atoms with Crippen molar-refractivity contribution in [2.45, 2.75) is 0 Å². The van der Waals surface area contributed by atoms with Crippen LogP contribution >= 0.6 is 12.2 Å². The van der Waals surface area contributed by atoms with Crippen molar-refractivity contribution in [3.8, 4) is 11.8 Å². The zero-order valence-corrected chi connectivity index (χ0v) is 16.4. The van der Waals surface area contributed by atoms with Crippen LogP contribution in [0.25, 0.3) is 0 Å². The summed E-state index contributed by atoms with van der Waals surface area (Å²) in [6.07, 6.45) is 0. The minimum atomic E-state index is -0.248. The third kappa shape index (κ3) is 5.31. The number of carbonyl (C=O) groups excluding carboxylic acids is 1. The van der Waals surface area contributed by atoms with Gasteiger partial charge in [-0.15, -0.1) is 0 Å². The highest BCUT2D eigenvalue weighted by atomic mass is 32.1. The lowest BCUT2D eigenvalue weighted by molar-refractivity contribution is 0.102. The first kappa shape index (κ1) is 19.9. The predicted octanol–water partition coefficient (Wildman–Crippen LogP) is 4.63. The first-order valence-corrected chi connectivity index (χ1v) is 9.12. The van der Waals surface area contributed by atoms with E-state index >= 15 is 0 Å². The second-order valence-corrected chi connectivity index (χ2v) is 6.42. The maximum Gasteiger partial charge on any atom is 0.255 e. The second-order valence-electron chi connectivity index (χ2n) is 6.01. The van der Waals surface area contributed by atoms with Crippen LogP contribution in [0.2, 0.25) is 0 Å². The molecule has 3 N–H and O–H groups in total. The molecule has 6 nitrogen and oxygen atoms in total. The molecule has 0 unspecified atom stereocenters. The van der Waals surface area contributed by atoms with Crippen molar-refractivity contribution in [1.29, 1.82) is 5.26 Å². The Kier molecular flexibility index (Phi) is 6.40. The van der Waals surface area contributed by atoms with Gasteiger partial charge < -0.3 is 20.7 Å². The maximum atomic E-state index is 12.6. The van der Waals surface area contributed by atoms with E-state index in [1.54, 1.807) is 42.5 Å². The summed E-state index contributed by atoms with van der Waals surface area (Å²) in [5, 5.41) is 18.2. The third-order valence-corrected chi connectivity index (χ3v) is 4.20. The molecule has 3 rings (SSSR count). The van der Waals surface area contributed by atoms with Gasteiger partial charge in [0.1, 0.15) is 5.75 Å². The fraction of sp³-hybridized carbons (Fsp3) is 0.0455. The molecule has 0 aliphatic heterocycles. The summed E-state index contributed by atoms with van der Waals surface area (Å²) in [5.41, 5.74) is 2.90. The fourth-order valence-electron chi connectivity index (χ4n) is 2.62. The number of rotatable bonds is 5. The molecule has 29 heavy (non-hydrogen) atoms. The van der Waals surface area contributed by atoms with E-state index in [-0.39, 0.29) is 5.91 Å². The monoisotopic (exact) mass is 402 g/mol. The van der Waals surface area contributed by atoms with Crippen molar-refractivity contribution in [1.82, 2.24) is 0 Å². The highest BCUT2D eigenvalue weighted by Gasteiger charge is 2.12. The minimum Gasteiger partial charge on any atom is -0.495 e. The molecule has 0 aliphatic rings. The fourth-order valence-corrected chi connectivity index (χ4v) is 2.85. The molecule has 3 aromatic rings. The summed E-state index contributed by atoms with van der Waals surface area (Å²) in [6.45, 7) is 0. The van der Waals surface area contributed by atoms with Gasteiger partial charge in [-0.25, -0.2) is 0 Å². The van der Waals surface area contributed by atoms with E-state index in [4.69, 9.17) is 22.2 Å². The highest BCUT2D eigenvalue weighted by molar-refractivity contribution is 7.80. The van der Waals surface area contributed by atoms with Gasteiger partial charge in [-0.3, -0.25) is 4.79 Å². The summed E-state index contributed by atoms with van der Waals surface area (Å²) in [6, 6.07) is 23.3. The number of nitrogens with one attached hydrogen (secondary N) is 3. The van der Waals surface area contributed by atoms with Crippen LogP contribution in [0.5, 0.6) is 5.75 Å². The van der Waals surface area contributed by atoms with Crippen LogP contribution < -0.4 is 20.7 Å². The van der Waals surface area contributed by atoms with Gasteiger partial charge in [-0.2, -0.15) is 5.26 Å². The molecule has 0 aliphatic carbocycles. The summed E-state index contributed by atoms with van der Waals surface area (Å²) < 4.78 is 5.36. The number of carbonyl (C=O) groups is 1. The largest absolute Gasteiger partial charge is 0.495 e. The van der Waals surface area contributed by atoms with Gasteiger partial charge in [0.25, 0.3) is 5.91 Å². The number of amides is 1. The Hall–Kier alpha value is -3.89. The Morgan fingerprint density at radius 3 is 2.41 bits per heavy atom. The van der Waals surface area contributed by atoms with Crippen molar-refractivity contribution < 1.29 is 9.53 Å². The number of methoxy groups -OCH3 is 1. The molecule has 3 aromatic carbocycles. The van der Waals surface area contributed by atoms with Crippen molar-refractivity contribution >= 4 is 40.3 Å². The molecule has 0 saturated heterocycles. The van der Waals surface area contributed by atoms with Gasteiger partial charge in [0.15, 0.2) is 5.11 Å². The summed E-state index contributed by atoms with van der Waals surface area (Å²) in [5.74, 6) is 0.290. The molecular weight excluding hydrogens is 384 g/mol. The molecule has 7 heteroatoms. The lowest BCUT2D eigenvalue weighted by Crippen LogP contribution is -2.20. The smallest absolute Gasteiger partial charge is 0.255 e. The van der Waals surface area contributed by atoms with Crippen molar-refractivity contribution in [3.63, 3.8) is 0 Å². The number of nitrogens with zero attached hydrogens (tertiary/aromatic N) is 1. The van der Waals surface area contributed by atoms with Gasteiger partial charge in [0.05, 0.1) is 24.4 Å². The van der Waals surface area contributed by atoms with Crippen LogP contribution in [0.1, 0.15) is 15.9 Å². The Bertz CT molecular complexity index is 1080. The zero-order valence-electron chi connectivity index (χ0n) is 15.6. The van der Waals surface area contributed by atoms with E-state index < -0.39 is 0 Å². The van der Waals surface area contributed by atoms with Crippen molar-refractivity contribution in [3.05, 3.63) is 83.9 Å². The summed E-state index contributed by atoms with van der Waals surface area (Å²) in [7, 11) is 1.54. The van der Waals surface area contributed by atoms with E-state index in [0.29, 0.717) is 39.1 Å². The molecule has 0 saturated carbocycles. The number of benzene rings is 3. The Morgan fingerprint density at radius 1 is 0.931 bits per heavy atom. The van der Waals surface area contributed by atoms with Crippen LogP contribution in [-0.2, 0) is 0 Å². The van der Waals surface area contributed by atoms with Crippen molar-refractivity contribution in [2.75, 3.05) is 23.1 Å². The van der Waals surface area contributed by atoms with Crippen LogP contribution in [0, 0.1) is 11.3 Å². The van der Waals surface area contributed by atoms with E-state index in [1.165, 1.54) is 7.11 Å². The molecule has 0 bridgehead atoms. The average Bonchev–Trinajstić information content (AvgIpc) is 2.74. The lowest BCUT2D eigenvalue weighted by atomic mass is 10.1. The zero-order chi connectivity index (χ0) is 20.6. The maximum absolute atomic E-state index is 12.6. The van der Waals surface area contributed by atoms with Crippen molar-refractivity contribution in [2.24, 2.45) is 0 Å². The Morgan fingerprint density at radius 2 is 1.69 bits per heavy atom. The molecule has 144 valence electrons. The average molecular weight is 402 g/mol. The first-order valence-electron chi connectivity index (χ1n) is 8.71.